The number of para-hydroxylation sites is 1. The first-order valence-corrected chi connectivity index (χ1v) is 10.6. The molecule has 5 heteroatoms. The molecule has 30 heavy (non-hydrogen) atoms. The number of aryl methyl sites for hydroxylation is 2. The van der Waals surface area contributed by atoms with Gasteiger partial charge in [0.25, 0.3) is 0 Å². The minimum absolute atomic E-state index is 0.0284. The molecule has 0 atom stereocenters. The standard InChI is InChI=1S/C25H17N3OS/c1-14-7-5-9-16(13-14)22-20-23(17-10-3-4-11-18(17)24(20)29)28(27-22)25-26-21-15(2)8-6-12-19(21)30-25/h3-13H,1-2H3. The van der Waals surface area contributed by atoms with Crippen LogP contribution >= 0.6 is 11.3 Å². The Morgan fingerprint density at radius 3 is 2.50 bits per heavy atom. The molecule has 3 aromatic carbocycles. The molecular weight excluding hydrogens is 390 g/mol. The Balaban J connectivity index is 1.68. The summed E-state index contributed by atoms with van der Waals surface area (Å²) in [6.07, 6.45) is 0. The number of carbonyl (C=O) groups excluding carboxylic acids is 1. The quantitative estimate of drug-likeness (QED) is 0.355. The van der Waals surface area contributed by atoms with E-state index in [0.29, 0.717) is 11.3 Å². The van der Waals surface area contributed by atoms with Gasteiger partial charge < -0.3 is 0 Å². The molecule has 1 aliphatic rings. The lowest BCUT2D eigenvalue weighted by Crippen LogP contribution is -2.00. The molecule has 0 spiro atoms. The summed E-state index contributed by atoms with van der Waals surface area (Å²) in [7, 11) is 0. The van der Waals surface area contributed by atoms with Crippen LogP contribution in [0.4, 0.5) is 0 Å². The van der Waals surface area contributed by atoms with Gasteiger partial charge in [-0.05, 0) is 31.5 Å². The monoisotopic (exact) mass is 407 g/mol. The number of carbonyl (C=O) groups is 1. The van der Waals surface area contributed by atoms with Crippen LogP contribution in [0.2, 0.25) is 0 Å². The lowest BCUT2D eigenvalue weighted by atomic mass is 10.0. The molecule has 0 fully saturated rings. The first-order valence-electron chi connectivity index (χ1n) is 9.82. The molecule has 144 valence electrons. The molecule has 2 aromatic heterocycles. The zero-order valence-electron chi connectivity index (χ0n) is 16.5. The molecule has 2 heterocycles. The largest absolute Gasteiger partial charge is 0.288 e. The number of benzene rings is 3. The summed E-state index contributed by atoms with van der Waals surface area (Å²) in [5.41, 5.74) is 8.06. The molecule has 1 aliphatic carbocycles. The molecule has 0 saturated carbocycles. The molecule has 0 saturated heterocycles. The Bertz CT molecular complexity index is 1490. The van der Waals surface area contributed by atoms with Crippen LogP contribution in [0.3, 0.4) is 0 Å². The molecule has 4 nitrogen and oxygen atoms in total. The summed E-state index contributed by atoms with van der Waals surface area (Å²) in [4.78, 5) is 18.3. The molecule has 0 bridgehead atoms. The second-order valence-electron chi connectivity index (χ2n) is 7.65. The van der Waals surface area contributed by atoms with Crippen LogP contribution in [0.15, 0.2) is 66.7 Å². The van der Waals surface area contributed by atoms with Crippen molar-refractivity contribution in [3.8, 4) is 27.6 Å². The van der Waals surface area contributed by atoms with E-state index in [9.17, 15) is 4.79 Å². The fraction of sp³-hybridized carbons (Fsp3) is 0.0800. The van der Waals surface area contributed by atoms with Crippen LogP contribution in [-0.4, -0.2) is 20.5 Å². The number of thiazole rings is 1. The van der Waals surface area contributed by atoms with Crippen molar-refractivity contribution < 1.29 is 4.79 Å². The van der Waals surface area contributed by atoms with Crippen molar-refractivity contribution in [2.45, 2.75) is 13.8 Å². The van der Waals surface area contributed by atoms with Crippen LogP contribution in [0.1, 0.15) is 27.0 Å². The van der Waals surface area contributed by atoms with Gasteiger partial charge in [0.15, 0.2) is 5.78 Å². The molecule has 0 unspecified atom stereocenters. The molecule has 0 radical (unpaired) electrons. The van der Waals surface area contributed by atoms with E-state index in [1.54, 1.807) is 11.3 Å². The van der Waals surface area contributed by atoms with Crippen molar-refractivity contribution in [1.29, 1.82) is 0 Å². The average Bonchev–Trinajstić information content (AvgIpc) is 3.42. The van der Waals surface area contributed by atoms with Gasteiger partial charge >= 0.3 is 0 Å². The van der Waals surface area contributed by atoms with Crippen LogP contribution in [0, 0.1) is 13.8 Å². The maximum atomic E-state index is 13.4. The summed E-state index contributed by atoms with van der Waals surface area (Å²) < 4.78 is 2.98. The van der Waals surface area contributed by atoms with E-state index < -0.39 is 0 Å². The minimum Gasteiger partial charge on any atom is -0.288 e. The van der Waals surface area contributed by atoms with E-state index in [4.69, 9.17) is 10.1 Å². The maximum absolute atomic E-state index is 13.4. The Kier molecular flexibility index (Phi) is 3.58. The van der Waals surface area contributed by atoms with Crippen molar-refractivity contribution in [2.24, 2.45) is 0 Å². The van der Waals surface area contributed by atoms with Gasteiger partial charge in [0.1, 0.15) is 5.69 Å². The van der Waals surface area contributed by atoms with Gasteiger partial charge in [-0.25, -0.2) is 9.67 Å². The van der Waals surface area contributed by atoms with E-state index >= 15 is 0 Å². The fourth-order valence-electron chi connectivity index (χ4n) is 4.20. The van der Waals surface area contributed by atoms with E-state index in [0.717, 1.165) is 48.9 Å². The number of hydrogen-bond acceptors (Lipinski definition) is 4. The highest BCUT2D eigenvalue weighted by Crippen LogP contribution is 2.43. The molecular formula is C25H17N3OS. The summed E-state index contributed by atoms with van der Waals surface area (Å²) in [5.74, 6) is 0.0284. The smallest absolute Gasteiger partial charge is 0.212 e. The average molecular weight is 407 g/mol. The highest BCUT2D eigenvalue weighted by Gasteiger charge is 2.35. The van der Waals surface area contributed by atoms with Crippen molar-refractivity contribution in [1.82, 2.24) is 14.8 Å². The molecule has 6 rings (SSSR count). The van der Waals surface area contributed by atoms with E-state index in [1.807, 2.05) is 60.1 Å². The second kappa shape index (κ2) is 6.21. The Morgan fingerprint density at radius 1 is 0.900 bits per heavy atom. The van der Waals surface area contributed by atoms with Crippen molar-refractivity contribution in [3.63, 3.8) is 0 Å². The van der Waals surface area contributed by atoms with Gasteiger partial charge in [0.05, 0.1) is 21.5 Å². The van der Waals surface area contributed by atoms with Gasteiger partial charge in [0, 0.05) is 16.7 Å². The first kappa shape index (κ1) is 17.3. The van der Waals surface area contributed by atoms with Crippen LogP contribution in [0.5, 0.6) is 0 Å². The lowest BCUT2D eigenvalue weighted by Gasteiger charge is -2.04. The molecule has 0 N–H and O–H groups in total. The minimum atomic E-state index is 0.0284. The SMILES string of the molecule is Cc1cccc(-c2nn(-c3nc4c(C)cccc4s3)c3c2C(=O)c2ccccc2-3)c1. The number of hydrogen-bond donors (Lipinski definition) is 0. The third kappa shape index (κ3) is 2.36. The van der Waals surface area contributed by atoms with Crippen molar-refractivity contribution in [2.75, 3.05) is 0 Å². The third-order valence-electron chi connectivity index (χ3n) is 5.62. The predicted molar refractivity (Wildman–Crippen MR) is 121 cm³/mol. The number of fused-ring (bicyclic) bond motifs is 4. The number of aromatic nitrogens is 3. The second-order valence-corrected chi connectivity index (χ2v) is 8.66. The van der Waals surface area contributed by atoms with Gasteiger partial charge in [0.2, 0.25) is 5.13 Å². The maximum Gasteiger partial charge on any atom is 0.212 e. The molecule has 0 aliphatic heterocycles. The van der Waals surface area contributed by atoms with Crippen LogP contribution in [0.25, 0.3) is 37.9 Å². The number of ketones is 1. The summed E-state index contributed by atoms with van der Waals surface area (Å²) in [6, 6.07) is 22.1. The van der Waals surface area contributed by atoms with Crippen molar-refractivity contribution >= 4 is 27.3 Å². The van der Waals surface area contributed by atoms with Gasteiger partial charge in [-0.3, -0.25) is 4.79 Å². The Labute approximate surface area is 177 Å². The highest BCUT2D eigenvalue weighted by molar-refractivity contribution is 7.20. The topological polar surface area (TPSA) is 47.8 Å². The zero-order valence-corrected chi connectivity index (χ0v) is 17.3. The summed E-state index contributed by atoms with van der Waals surface area (Å²) in [6.45, 7) is 4.12. The predicted octanol–water partition coefficient (Wildman–Crippen LogP) is 5.98. The molecule has 5 aromatic rings. The number of rotatable bonds is 2. The Hall–Kier alpha value is -3.57. The van der Waals surface area contributed by atoms with Crippen LogP contribution in [-0.2, 0) is 0 Å². The van der Waals surface area contributed by atoms with Gasteiger partial charge in [-0.15, -0.1) is 0 Å². The lowest BCUT2D eigenvalue weighted by molar-refractivity contribution is 0.104. The number of nitrogens with zero attached hydrogens (tertiary/aromatic N) is 3. The van der Waals surface area contributed by atoms with Crippen LogP contribution < -0.4 is 0 Å². The van der Waals surface area contributed by atoms with Gasteiger partial charge in [-0.1, -0.05) is 71.5 Å². The van der Waals surface area contributed by atoms with E-state index in [1.165, 1.54) is 0 Å². The van der Waals surface area contributed by atoms with E-state index in [-0.39, 0.29) is 5.78 Å². The Morgan fingerprint density at radius 2 is 1.70 bits per heavy atom. The third-order valence-corrected chi connectivity index (χ3v) is 6.62. The zero-order chi connectivity index (χ0) is 20.4. The highest BCUT2D eigenvalue weighted by atomic mass is 32.1. The summed E-state index contributed by atoms with van der Waals surface area (Å²) >= 11 is 1.60. The van der Waals surface area contributed by atoms with Crippen molar-refractivity contribution in [3.05, 3.63) is 89.0 Å². The fourth-order valence-corrected chi connectivity index (χ4v) is 5.20. The normalized spacial score (nSPS) is 12.4. The first-order chi connectivity index (χ1) is 14.6. The summed E-state index contributed by atoms with van der Waals surface area (Å²) in [5, 5.41) is 5.71. The van der Waals surface area contributed by atoms with Gasteiger partial charge in [-0.2, -0.15) is 5.10 Å². The molecule has 0 amide bonds. The van der Waals surface area contributed by atoms with E-state index in [2.05, 4.69) is 25.1 Å².